The normalized spacial score (nSPS) is 11.5. The summed E-state index contributed by atoms with van der Waals surface area (Å²) in [5, 5.41) is 7.30. The minimum absolute atomic E-state index is 0.150. The van der Waals surface area contributed by atoms with Gasteiger partial charge in [0.25, 0.3) is 5.91 Å². The van der Waals surface area contributed by atoms with E-state index in [9.17, 15) is 4.79 Å². The van der Waals surface area contributed by atoms with Gasteiger partial charge in [0.2, 0.25) is 0 Å². The summed E-state index contributed by atoms with van der Waals surface area (Å²) in [6.07, 6.45) is 4.29. The second-order valence-corrected chi connectivity index (χ2v) is 6.06. The summed E-state index contributed by atoms with van der Waals surface area (Å²) in [7, 11) is 0. The van der Waals surface area contributed by atoms with Gasteiger partial charge in [-0.3, -0.25) is 9.48 Å². The number of nitrogens with one attached hydrogen (secondary N) is 1. The SMILES string of the molecule is CCc1cccnc1NC(=O)c1cn(C(C)(C)C)nc1C. The fourth-order valence-corrected chi connectivity index (χ4v) is 2.04. The molecule has 2 heterocycles. The maximum Gasteiger partial charge on any atom is 0.260 e. The highest BCUT2D eigenvalue weighted by atomic mass is 16.1. The van der Waals surface area contributed by atoms with Crippen molar-refractivity contribution in [3.63, 3.8) is 0 Å². The van der Waals surface area contributed by atoms with Crippen LogP contribution in [-0.2, 0) is 12.0 Å². The largest absolute Gasteiger partial charge is 0.306 e. The summed E-state index contributed by atoms with van der Waals surface area (Å²) in [6.45, 7) is 10.0. The molecule has 2 aromatic heterocycles. The van der Waals surface area contributed by atoms with Crippen molar-refractivity contribution in [2.45, 2.75) is 46.6 Å². The van der Waals surface area contributed by atoms with E-state index in [1.54, 1.807) is 12.4 Å². The molecular formula is C16H22N4O. The van der Waals surface area contributed by atoms with Gasteiger partial charge in [-0.2, -0.15) is 5.10 Å². The molecule has 0 bridgehead atoms. The number of rotatable bonds is 3. The first-order valence-corrected chi connectivity index (χ1v) is 7.15. The molecule has 2 rings (SSSR count). The number of amides is 1. The zero-order valence-electron chi connectivity index (χ0n) is 13.3. The summed E-state index contributed by atoms with van der Waals surface area (Å²) in [5.74, 6) is 0.448. The van der Waals surface area contributed by atoms with Gasteiger partial charge in [-0.25, -0.2) is 4.98 Å². The first-order valence-electron chi connectivity index (χ1n) is 7.15. The average Bonchev–Trinajstić information content (AvgIpc) is 2.81. The summed E-state index contributed by atoms with van der Waals surface area (Å²) < 4.78 is 1.82. The molecule has 0 aliphatic carbocycles. The van der Waals surface area contributed by atoms with Crippen LogP contribution < -0.4 is 5.32 Å². The van der Waals surface area contributed by atoms with Gasteiger partial charge in [0.15, 0.2) is 0 Å². The average molecular weight is 286 g/mol. The molecule has 2 aromatic rings. The number of aromatic nitrogens is 3. The van der Waals surface area contributed by atoms with Crippen molar-refractivity contribution < 1.29 is 4.79 Å². The van der Waals surface area contributed by atoms with Crippen LogP contribution in [0.15, 0.2) is 24.5 Å². The predicted octanol–water partition coefficient (Wildman–Crippen LogP) is 3.16. The Morgan fingerprint density at radius 1 is 1.38 bits per heavy atom. The Bertz CT molecular complexity index is 653. The molecule has 1 N–H and O–H groups in total. The van der Waals surface area contributed by atoms with Gasteiger partial charge in [-0.05, 0) is 45.7 Å². The molecule has 0 saturated carbocycles. The van der Waals surface area contributed by atoms with E-state index in [0.717, 1.165) is 17.7 Å². The summed E-state index contributed by atoms with van der Waals surface area (Å²) in [6, 6.07) is 3.84. The Balaban J connectivity index is 2.27. The van der Waals surface area contributed by atoms with Gasteiger partial charge in [-0.1, -0.05) is 13.0 Å². The van der Waals surface area contributed by atoms with Crippen LogP contribution in [0.1, 0.15) is 49.3 Å². The lowest BCUT2D eigenvalue weighted by Crippen LogP contribution is -2.22. The van der Waals surface area contributed by atoms with Crippen LogP contribution in [0.2, 0.25) is 0 Å². The summed E-state index contributed by atoms with van der Waals surface area (Å²) >= 11 is 0. The first kappa shape index (κ1) is 15.2. The molecule has 1 amide bonds. The van der Waals surface area contributed by atoms with Crippen LogP contribution in [0.5, 0.6) is 0 Å². The third-order valence-corrected chi connectivity index (χ3v) is 3.33. The number of nitrogens with zero attached hydrogens (tertiary/aromatic N) is 3. The van der Waals surface area contributed by atoms with Crippen molar-refractivity contribution >= 4 is 11.7 Å². The van der Waals surface area contributed by atoms with Crippen molar-refractivity contribution in [1.82, 2.24) is 14.8 Å². The Labute approximate surface area is 125 Å². The van der Waals surface area contributed by atoms with Gasteiger partial charge in [0.05, 0.1) is 16.8 Å². The minimum atomic E-state index is -0.170. The van der Waals surface area contributed by atoms with Crippen LogP contribution in [0.3, 0.4) is 0 Å². The molecule has 21 heavy (non-hydrogen) atoms. The fourth-order valence-electron chi connectivity index (χ4n) is 2.04. The molecule has 112 valence electrons. The molecular weight excluding hydrogens is 264 g/mol. The molecule has 0 unspecified atom stereocenters. The molecule has 0 aromatic carbocycles. The van der Waals surface area contributed by atoms with Crippen molar-refractivity contribution in [3.05, 3.63) is 41.3 Å². The lowest BCUT2D eigenvalue weighted by atomic mass is 10.1. The van der Waals surface area contributed by atoms with Gasteiger partial charge in [-0.15, -0.1) is 0 Å². The zero-order valence-corrected chi connectivity index (χ0v) is 13.3. The Kier molecular flexibility index (Phi) is 4.11. The Hall–Kier alpha value is -2.17. The highest BCUT2D eigenvalue weighted by molar-refractivity contribution is 6.04. The number of hydrogen-bond donors (Lipinski definition) is 1. The van der Waals surface area contributed by atoms with Gasteiger partial charge in [0.1, 0.15) is 5.82 Å². The third-order valence-electron chi connectivity index (χ3n) is 3.33. The van der Waals surface area contributed by atoms with Crippen LogP contribution in [0, 0.1) is 6.92 Å². The maximum atomic E-state index is 12.4. The summed E-state index contributed by atoms with van der Waals surface area (Å²) in [4.78, 5) is 16.7. The van der Waals surface area contributed by atoms with E-state index in [1.165, 1.54) is 0 Å². The van der Waals surface area contributed by atoms with Crippen LogP contribution >= 0.6 is 0 Å². The molecule has 0 aliphatic heterocycles. The van der Waals surface area contributed by atoms with E-state index in [-0.39, 0.29) is 11.4 Å². The van der Waals surface area contributed by atoms with Gasteiger partial charge in [0, 0.05) is 12.4 Å². The van der Waals surface area contributed by atoms with Crippen molar-refractivity contribution in [2.24, 2.45) is 0 Å². The second-order valence-electron chi connectivity index (χ2n) is 6.06. The molecule has 0 spiro atoms. The molecule has 0 saturated heterocycles. The molecule has 0 aliphatic rings. The summed E-state index contributed by atoms with van der Waals surface area (Å²) in [5.41, 5.74) is 2.17. The fraction of sp³-hybridized carbons (Fsp3) is 0.438. The quantitative estimate of drug-likeness (QED) is 0.943. The van der Waals surface area contributed by atoms with Crippen LogP contribution in [0.4, 0.5) is 5.82 Å². The predicted molar refractivity (Wildman–Crippen MR) is 83.5 cm³/mol. The maximum absolute atomic E-state index is 12.4. The van der Waals surface area contributed by atoms with E-state index in [4.69, 9.17) is 0 Å². The Morgan fingerprint density at radius 2 is 2.10 bits per heavy atom. The zero-order chi connectivity index (χ0) is 15.6. The molecule has 0 radical (unpaired) electrons. The number of anilines is 1. The van der Waals surface area contributed by atoms with E-state index in [1.807, 2.05) is 30.7 Å². The third kappa shape index (κ3) is 3.29. The highest BCUT2D eigenvalue weighted by Gasteiger charge is 2.20. The standard InChI is InChI=1S/C16H22N4O/c1-6-12-8-7-9-17-14(12)18-15(21)13-10-20(16(3,4)5)19-11(13)2/h7-10H,6H2,1-5H3,(H,17,18,21). The number of pyridine rings is 1. The number of carbonyl (C=O) groups excluding carboxylic acids is 1. The Morgan fingerprint density at radius 3 is 2.67 bits per heavy atom. The first-order chi connectivity index (χ1) is 9.82. The highest BCUT2D eigenvalue weighted by Crippen LogP contribution is 2.18. The number of carbonyl (C=O) groups is 1. The van der Waals surface area contributed by atoms with Gasteiger partial charge < -0.3 is 5.32 Å². The van der Waals surface area contributed by atoms with Gasteiger partial charge >= 0.3 is 0 Å². The smallest absolute Gasteiger partial charge is 0.260 e. The van der Waals surface area contributed by atoms with E-state index >= 15 is 0 Å². The van der Waals surface area contributed by atoms with Crippen molar-refractivity contribution in [2.75, 3.05) is 5.32 Å². The van der Waals surface area contributed by atoms with E-state index < -0.39 is 0 Å². The van der Waals surface area contributed by atoms with E-state index in [0.29, 0.717) is 11.4 Å². The monoisotopic (exact) mass is 286 g/mol. The van der Waals surface area contributed by atoms with E-state index in [2.05, 4.69) is 36.2 Å². The number of aryl methyl sites for hydroxylation is 2. The molecule has 5 nitrogen and oxygen atoms in total. The minimum Gasteiger partial charge on any atom is -0.306 e. The molecule has 0 fully saturated rings. The van der Waals surface area contributed by atoms with Crippen LogP contribution in [0.25, 0.3) is 0 Å². The lowest BCUT2D eigenvalue weighted by molar-refractivity contribution is 0.102. The second kappa shape index (κ2) is 5.68. The van der Waals surface area contributed by atoms with Crippen LogP contribution in [-0.4, -0.2) is 20.7 Å². The topological polar surface area (TPSA) is 59.8 Å². The lowest BCUT2D eigenvalue weighted by Gasteiger charge is -2.18. The molecule has 5 heteroatoms. The van der Waals surface area contributed by atoms with Crippen molar-refractivity contribution in [1.29, 1.82) is 0 Å². The number of hydrogen-bond acceptors (Lipinski definition) is 3. The molecule has 0 atom stereocenters. The van der Waals surface area contributed by atoms with Crippen molar-refractivity contribution in [3.8, 4) is 0 Å².